The van der Waals surface area contributed by atoms with Crippen molar-refractivity contribution in [2.75, 3.05) is 33.7 Å². The molecule has 5 nitrogen and oxygen atoms in total. The van der Waals surface area contributed by atoms with Crippen LogP contribution in [0.2, 0.25) is 0 Å². The molecule has 0 aliphatic carbocycles. The second-order valence-electron chi connectivity index (χ2n) is 5.72. The topological polar surface area (TPSA) is 41.4 Å². The Balaban J connectivity index is 1.92. The van der Waals surface area contributed by atoms with Gasteiger partial charge in [-0.3, -0.25) is 9.48 Å². The second-order valence-corrected chi connectivity index (χ2v) is 5.72. The Kier molecular flexibility index (Phi) is 4.37. The number of rotatable bonds is 4. The van der Waals surface area contributed by atoms with Crippen LogP contribution in [0.3, 0.4) is 0 Å². The van der Waals surface area contributed by atoms with Gasteiger partial charge in [-0.25, -0.2) is 0 Å². The monoisotopic (exact) mass is 264 g/mol. The third kappa shape index (κ3) is 3.64. The standard InChI is InChI=1S/C14H24N4O/c1-11-7-12(18(4)15-11)8-14(19)9-13-10-16(2)5-6-17(13)3/h7,13H,5-6,8-10H2,1-4H3. The lowest BCUT2D eigenvalue weighted by Gasteiger charge is -2.37. The number of Topliss-reactive ketones (excluding diaryl/α,β-unsaturated/α-hetero) is 1. The number of aryl methyl sites for hydroxylation is 2. The zero-order valence-electron chi connectivity index (χ0n) is 12.4. The Morgan fingerprint density at radius 1 is 1.37 bits per heavy atom. The summed E-state index contributed by atoms with van der Waals surface area (Å²) >= 11 is 0. The van der Waals surface area contributed by atoms with Crippen molar-refractivity contribution in [3.05, 3.63) is 17.5 Å². The molecule has 1 atom stereocenters. The van der Waals surface area contributed by atoms with E-state index in [4.69, 9.17) is 0 Å². The van der Waals surface area contributed by atoms with Crippen LogP contribution in [0, 0.1) is 6.92 Å². The molecule has 0 amide bonds. The number of aromatic nitrogens is 2. The molecule has 0 spiro atoms. The van der Waals surface area contributed by atoms with Gasteiger partial charge in [0.2, 0.25) is 0 Å². The largest absolute Gasteiger partial charge is 0.304 e. The Morgan fingerprint density at radius 2 is 2.11 bits per heavy atom. The maximum absolute atomic E-state index is 12.2. The van der Waals surface area contributed by atoms with E-state index in [0.29, 0.717) is 24.7 Å². The van der Waals surface area contributed by atoms with Crippen LogP contribution in [0.25, 0.3) is 0 Å². The van der Waals surface area contributed by atoms with E-state index >= 15 is 0 Å². The minimum Gasteiger partial charge on any atom is -0.304 e. The van der Waals surface area contributed by atoms with Gasteiger partial charge in [-0.15, -0.1) is 0 Å². The summed E-state index contributed by atoms with van der Waals surface area (Å²) in [6.45, 7) is 5.06. The van der Waals surface area contributed by atoms with Crippen molar-refractivity contribution in [2.24, 2.45) is 7.05 Å². The van der Waals surface area contributed by atoms with Crippen LogP contribution in [0.4, 0.5) is 0 Å². The first-order valence-corrected chi connectivity index (χ1v) is 6.85. The fraction of sp³-hybridized carbons (Fsp3) is 0.714. The molecule has 1 aromatic heterocycles. The van der Waals surface area contributed by atoms with Gasteiger partial charge < -0.3 is 9.80 Å². The molecule has 2 heterocycles. The third-order valence-electron chi connectivity index (χ3n) is 3.92. The maximum Gasteiger partial charge on any atom is 0.140 e. The number of carbonyl (C=O) groups excluding carboxylic acids is 1. The van der Waals surface area contributed by atoms with Gasteiger partial charge in [0, 0.05) is 51.3 Å². The maximum atomic E-state index is 12.2. The normalized spacial score (nSPS) is 21.8. The molecule has 19 heavy (non-hydrogen) atoms. The average molecular weight is 264 g/mol. The summed E-state index contributed by atoms with van der Waals surface area (Å²) in [4.78, 5) is 16.8. The molecule has 1 saturated heterocycles. The minimum atomic E-state index is 0.301. The molecule has 0 saturated carbocycles. The number of piperazine rings is 1. The fourth-order valence-corrected chi connectivity index (χ4v) is 2.69. The number of ketones is 1. The quantitative estimate of drug-likeness (QED) is 0.793. The molecular formula is C14H24N4O. The van der Waals surface area contributed by atoms with E-state index in [9.17, 15) is 4.79 Å². The lowest BCUT2D eigenvalue weighted by molar-refractivity contribution is -0.120. The Labute approximate surface area is 115 Å². The van der Waals surface area contributed by atoms with Gasteiger partial charge >= 0.3 is 0 Å². The highest BCUT2D eigenvalue weighted by Crippen LogP contribution is 2.12. The molecule has 106 valence electrons. The fourth-order valence-electron chi connectivity index (χ4n) is 2.69. The van der Waals surface area contributed by atoms with Gasteiger partial charge in [0.05, 0.1) is 5.69 Å². The Morgan fingerprint density at radius 3 is 2.74 bits per heavy atom. The molecule has 0 radical (unpaired) electrons. The van der Waals surface area contributed by atoms with Gasteiger partial charge in [0.15, 0.2) is 0 Å². The summed E-state index contributed by atoms with van der Waals surface area (Å²) in [7, 11) is 6.13. The van der Waals surface area contributed by atoms with E-state index in [0.717, 1.165) is 31.0 Å². The molecule has 2 rings (SSSR count). The van der Waals surface area contributed by atoms with E-state index in [-0.39, 0.29) is 0 Å². The SMILES string of the molecule is Cc1cc(CC(=O)CC2CN(C)CCN2C)n(C)n1. The lowest BCUT2D eigenvalue weighted by Crippen LogP contribution is -2.50. The zero-order chi connectivity index (χ0) is 14.0. The van der Waals surface area contributed by atoms with E-state index < -0.39 is 0 Å². The van der Waals surface area contributed by atoms with Gasteiger partial charge in [0.1, 0.15) is 5.78 Å². The molecule has 1 fully saturated rings. The number of hydrogen-bond acceptors (Lipinski definition) is 4. The highest BCUT2D eigenvalue weighted by atomic mass is 16.1. The van der Waals surface area contributed by atoms with E-state index in [1.165, 1.54) is 0 Å². The smallest absolute Gasteiger partial charge is 0.140 e. The first-order valence-electron chi connectivity index (χ1n) is 6.85. The molecule has 0 bridgehead atoms. The van der Waals surface area contributed by atoms with Crippen molar-refractivity contribution >= 4 is 5.78 Å². The van der Waals surface area contributed by atoms with Crippen molar-refractivity contribution < 1.29 is 4.79 Å². The van der Waals surface area contributed by atoms with Crippen LogP contribution in [-0.4, -0.2) is 65.1 Å². The average Bonchev–Trinajstić information content (AvgIpc) is 2.62. The number of carbonyl (C=O) groups is 1. The summed E-state index contributed by atoms with van der Waals surface area (Å²) in [6, 6.07) is 2.34. The molecule has 1 unspecified atom stereocenters. The molecule has 0 aromatic carbocycles. The molecule has 0 N–H and O–H groups in total. The summed E-state index contributed by atoms with van der Waals surface area (Å²) in [5.74, 6) is 0.301. The zero-order valence-corrected chi connectivity index (χ0v) is 12.4. The molecule has 5 heteroatoms. The van der Waals surface area contributed by atoms with Crippen molar-refractivity contribution in [1.29, 1.82) is 0 Å². The number of nitrogens with zero attached hydrogens (tertiary/aromatic N) is 4. The van der Waals surface area contributed by atoms with Crippen LogP contribution in [0.15, 0.2) is 6.07 Å². The summed E-state index contributed by atoms with van der Waals surface area (Å²) < 4.78 is 1.81. The van der Waals surface area contributed by atoms with Crippen molar-refractivity contribution in [3.8, 4) is 0 Å². The predicted molar refractivity (Wildman–Crippen MR) is 75.2 cm³/mol. The van der Waals surface area contributed by atoms with E-state index in [1.54, 1.807) is 0 Å². The highest BCUT2D eigenvalue weighted by molar-refractivity contribution is 5.81. The molecular weight excluding hydrogens is 240 g/mol. The Hall–Kier alpha value is -1.20. The van der Waals surface area contributed by atoms with Crippen LogP contribution in [0.5, 0.6) is 0 Å². The van der Waals surface area contributed by atoms with Crippen LogP contribution in [0.1, 0.15) is 17.8 Å². The molecule has 1 aliphatic rings. The Bertz CT molecular complexity index is 454. The van der Waals surface area contributed by atoms with Crippen LogP contribution >= 0.6 is 0 Å². The predicted octanol–water partition coefficient (Wildman–Crippen LogP) is 0.476. The van der Waals surface area contributed by atoms with Crippen molar-refractivity contribution in [2.45, 2.75) is 25.8 Å². The summed E-state index contributed by atoms with van der Waals surface area (Å²) in [5.41, 5.74) is 1.98. The minimum absolute atomic E-state index is 0.301. The second kappa shape index (κ2) is 5.84. The van der Waals surface area contributed by atoms with Crippen molar-refractivity contribution in [3.63, 3.8) is 0 Å². The van der Waals surface area contributed by atoms with Gasteiger partial charge in [-0.05, 0) is 27.1 Å². The van der Waals surface area contributed by atoms with Gasteiger partial charge in [-0.1, -0.05) is 0 Å². The van der Waals surface area contributed by atoms with E-state index in [2.05, 4.69) is 29.0 Å². The molecule has 1 aliphatic heterocycles. The van der Waals surface area contributed by atoms with Crippen LogP contribution in [-0.2, 0) is 18.3 Å². The van der Waals surface area contributed by atoms with Crippen LogP contribution < -0.4 is 0 Å². The lowest BCUT2D eigenvalue weighted by atomic mass is 10.0. The highest BCUT2D eigenvalue weighted by Gasteiger charge is 2.24. The van der Waals surface area contributed by atoms with Gasteiger partial charge in [-0.2, -0.15) is 5.10 Å². The summed E-state index contributed by atoms with van der Waals surface area (Å²) in [6.07, 6.45) is 1.12. The van der Waals surface area contributed by atoms with E-state index in [1.807, 2.05) is 24.7 Å². The van der Waals surface area contributed by atoms with Gasteiger partial charge in [0.25, 0.3) is 0 Å². The molecule has 1 aromatic rings. The summed E-state index contributed by atoms with van der Waals surface area (Å²) in [5, 5.41) is 4.28. The number of hydrogen-bond donors (Lipinski definition) is 0. The first-order chi connectivity index (χ1) is 8.95. The first kappa shape index (κ1) is 14.2. The van der Waals surface area contributed by atoms with Crippen molar-refractivity contribution in [1.82, 2.24) is 19.6 Å². The third-order valence-corrected chi connectivity index (χ3v) is 3.92. The number of likely N-dealkylation sites (N-methyl/N-ethyl adjacent to an activating group) is 2.